The van der Waals surface area contributed by atoms with E-state index in [2.05, 4.69) is 14.4 Å². The third kappa shape index (κ3) is 4.43. The normalized spacial score (nSPS) is 13.9. The predicted octanol–water partition coefficient (Wildman–Crippen LogP) is 2.84. The Balaban J connectivity index is 1.97. The fourth-order valence-corrected chi connectivity index (χ4v) is 4.61. The van der Waals surface area contributed by atoms with Crippen molar-refractivity contribution in [1.29, 1.82) is 0 Å². The molecule has 0 atom stereocenters. The summed E-state index contributed by atoms with van der Waals surface area (Å²) in [7, 11) is -1.16. The van der Waals surface area contributed by atoms with Gasteiger partial charge >= 0.3 is 0 Å². The lowest BCUT2D eigenvalue weighted by molar-refractivity contribution is 0.0770. The lowest BCUT2D eigenvalue weighted by atomic mass is 10.0. The van der Waals surface area contributed by atoms with Crippen molar-refractivity contribution in [1.82, 2.24) is 9.88 Å². The number of fused-ring (bicyclic) bond motifs is 1. The Kier molecular flexibility index (Phi) is 6.36. The highest BCUT2D eigenvalue weighted by Gasteiger charge is 2.28. The fourth-order valence-electron chi connectivity index (χ4n) is 2.99. The van der Waals surface area contributed by atoms with Crippen LogP contribution in [0.3, 0.4) is 0 Å². The maximum absolute atomic E-state index is 14.2. The number of hydrogen-bond acceptors (Lipinski definition) is 6. The quantitative estimate of drug-likeness (QED) is 0.635. The first-order valence-electron chi connectivity index (χ1n) is 8.69. The molecule has 0 amide bonds. The van der Waals surface area contributed by atoms with Crippen LogP contribution in [0.2, 0.25) is 0 Å². The fraction of sp³-hybridized carbons (Fsp3) is 0.333. The van der Waals surface area contributed by atoms with Crippen molar-refractivity contribution in [3.63, 3.8) is 0 Å². The molecule has 12 heteroatoms. The minimum atomic E-state index is -4.16. The van der Waals surface area contributed by atoms with Gasteiger partial charge in [0.1, 0.15) is 10.7 Å². The van der Waals surface area contributed by atoms with E-state index >= 15 is 0 Å². The maximum atomic E-state index is 14.2. The van der Waals surface area contributed by atoms with Crippen molar-refractivity contribution < 1.29 is 31.1 Å². The third-order valence-corrected chi connectivity index (χ3v) is 6.37. The summed E-state index contributed by atoms with van der Waals surface area (Å²) in [5.41, 5.74) is 0.888. The number of ether oxygens (including phenoxy) is 2. The number of anilines is 1. The number of alkyl halides is 2. The van der Waals surface area contributed by atoms with Crippen LogP contribution < -0.4 is 14.2 Å². The molecule has 1 aliphatic heterocycles. The van der Waals surface area contributed by atoms with Gasteiger partial charge in [-0.05, 0) is 18.1 Å². The van der Waals surface area contributed by atoms with Crippen LogP contribution in [0.4, 0.5) is 18.9 Å². The van der Waals surface area contributed by atoms with E-state index in [1.807, 2.05) is 11.9 Å². The van der Waals surface area contributed by atoms with Gasteiger partial charge in [-0.3, -0.25) is 4.72 Å². The van der Waals surface area contributed by atoms with Gasteiger partial charge in [0.15, 0.2) is 12.4 Å². The molecule has 0 unspecified atom stereocenters. The molecule has 3 rings (SSSR count). The van der Waals surface area contributed by atoms with E-state index in [4.69, 9.17) is 17.0 Å². The summed E-state index contributed by atoms with van der Waals surface area (Å²) >= 11 is 5.37. The van der Waals surface area contributed by atoms with Crippen LogP contribution in [0.15, 0.2) is 29.2 Å². The van der Waals surface area contributed by atoms with Crippen molar-refractivity contribution in [2.24, 2.45) is 0 Å². The average molecular weight is 461 g/mol. The topological polar surface area (TPSA) is 80.8 Å². The largest absolute Gasteiger partial charge is 0.479 e. The molecule has 0 saturated carbocycles. The van der Waals surface area contributed by atoms with Crippen LogP contribution >= 0.6 is 12.2 Å². The molecule has 1 N–H and O–H groups in total. The molecule has 30 heavy (non-hydrogen) atoms. The number of nitrogens with one attached hydrogen (secondary N) is 1. The highest BCUT2D eigenvalue weighted by Crippen LogP contribution is 2.32. The molecule has 0 saturated heterocycles. The first-order valence-corrected chi connectivity index (χ1v) is 10.6. The van der Waals surface area contributed by atoms with Crippen molar-refractivity contribution in [3.8, 4) is 11.8 Å². The van der Waals surface area contributed by atoms with E-state index in [0.29, 0.717) is 29.1 Å². The van der Waals surface area contributed by atoms with Crippen LogP contribution in [0.5, 0.6) is 11.8 Å². The minimum Gasteiger partial charge on any atom is -0.479 e. The van der Waals surface area contributed by atoms with Crippen molar-refractivity contribution >= 4 is 32.9 Å². The Hall–Kier alpha value is -2.60. The van der Waals surface area contributed by atoms with E-state index in [9.17, 15) is 21.6 Å². The molecule has 2 heterocycles. The van der Waals surface area contributed by atoms with Gasteiger partial charge in [-0.25, -0.2) is 21.6 Å². The van der Waals surface area contributed by atoms with Crippen LogP contribution in [-0.2, 0) is 16.4 Å². The van der Waals surface area contributed by atoms with E-state index in [0.717, 1.165) is 6.07 Å². The molecule has 0 spiro atoms. The molecular weight excluding hydrogens is 443 g/mol. The Morgan fingerprint density at radius 1 is 1.33 bits per heavy atom. The van der Waals surface area contributed by atoms with Crippen molar-refractivity contribution in [3.05, 3.63) is 41.2 Å². The van der Waals surface area contributed by atoms with E-state index in [-0.39, 0.29) is 16.5 Å². The van der Waals surface area contributed by atoms with Gasteiger partial charge in [0.25, 0.3) is 22.3 Å². The Bertz CT molecular complexity index is 1080. The van der Waals surface area contributed by atoms with Gasteiger partial charge in [-0.1, -0.05) is 24.4 Å². The molecule has 1 aromatic heterocycles. The summed E-state index contributed by atoms with van der Waals surface area (Å²) in [6.07, 6.45) is -2.38. The monoisotopic (exact) mass is 461 g/mol. The number of thiocarbonyl (C=S) groups is 1. The van der Waals surface area contributed by atoms with E-state index in [1.165, 1.54) is 13.2 Å². The zero-order valence-corrected chi connectivity index (χ0v) is 17.6. The standard InChI is InChI=1S/C18H18F3N3O4S2/c1-24-7-6-10-11(18(24)29)4-3-5-14(10)30(25,26)23-13-8-12(19)16(22-17(13)27-2)28-9-15(20)21/h3-5,8,15,23H,6-7,9H2,1-2H3. The summed E-state index contributed by atoms with van der Waals surface area (Å²) in [6, 6.07) is 5.49. The van der Waals surface area contributed by atoms with Gasteiger partial charge < -0.3 is 14.4 Å². The maximum Gasteiger partial charge on any atom is 0.272 e. The van der Waals surface area contributed by atoms with E-state index in [1.54, 1.807) is 12.1 Å². The highest BCUT2D eigenvalue weighted by atomic mass is 32.2. The predicted molar refractivity (Wildman–Crippen MR) is 108 cm³/mol. The Morgan fingerprint density at radius 3 is 2.73 bits per heavy atom. The SMILES string of the molecule is COc1nc(OCC(F)F)c(F)cc1NS(=O)(=O)c1cccc2c1CCN(C)C2=S. The van der Waals surface area contributed by atoms with E-state index < -0.39 is 34.8 Å². The molecule has 0 aliphatic carbocycles. The van der Waals surface area contributed by atoms with Gasteiger partial charge in [0, 0.05) is 25.2 Å². The Labute approximate surface area is 176 Å². The first-order chi connectivity index (χ1) is 14.1. The molecule has 7 nitrogen and oxygen atoms in total. The molecule has 0 radical (unpaired) electrons. The summed E-state index contributed by atoms with van der Waals surface area (Å²) < 4.78 is 76.7. The average Bonchev–Trinajstić information content (AvgIpc) is 2.69. The smallest absolute Gasteiger partial charge is 0.272 e. The molecule has 1 aromatic carbocycles. The van der Waals surface area contributed by atoms with Crippen LogP contribution in [0.25, 0.3) is 0 Å². The third-order valence-electron chi connectivity index (χ3n) is 4.39. The number of sulfonamides is 1. The second-order valence-electron chi connectivity index (χ2n) is 6.40. The highest BCUT2D eigenvalue weighted by molar-refractivity contribution is 7.92. The Morgan fingerprint density at radius 2 is 2.07 bits per heavy atom. The number of pyridine rings is 1. The molecular formula is C18H18F3N3O4S2. The van der Waals surface area contributed by atoms with Gasteiger partial charge in [0.2, 0.25) is 5.88 Å². The summed E-state index contributed by atoms with van der Waals surface area (Å²) in [5, 5.41) is 0. The second kappa shape index (κ2) is 8.64. The number of benzene rings is 1. The number of hydrogen-bond donors (Lipinski definition) is 1. The lowest BCUT2D eigenvalue weighted by Crippen LogP contribution is -2.34. The van der Waals surface area contributed by atoms with Gasteiger partial charge in [-0.2, -0.15) is 4.98 Å². The zero-order chi connectivity index (χ0) is 22.1. The van der Waals surface area contributed by atoms with Gasteiger partial charge in [-0.15, -0.1) is 0 Å². The van der Waals surface area contributed by atoms with Crippen molar-refractivity contribution in [2.45, 2.75) is 17.7 Å². The second-order valence-corrected chi connectivity index (χ2v) is 8.44. The number of rotatable bonds is 7. The number of methoxy groups -OCH3 is 1. The number of aromatic nitrogens is 1. The number of nitrogens with zero attached hydrogens (tertiary/aromatic N) is 2. The summed E-state index contributed by atoms with van der Waals surface area (Å²) in [4.78, 5) is 6.02. The van der Waals surface area contributed by atoms with Crippen LogP contribution in [0.1, 0.15) is 11.1 Å². The lowest BCUT2D eigenvalue weighted by Gasteiger charge is -2.29. The molecule has 0 fully saturated rings. The molecule has 1 aliphatic rings. The first kappa shape index (κ1) is 22.1. The minimum absolute atomic E-state index is 0.00376. The number of likely N-dealkylation sites (N-methyl/N-ethyl adjacent to an activating group) is 1. The summed E-state index contributed by atoms with van der Waals surface area (Å²) in [5.74, 6) is -2.17. The van der Waals surface area contributed by atoms with Gasteiger partial charge in [0.05, 0.1) is 12.0 Å². The zero-order valence-electron chi connectivity index (χ0n) is 16.0. The molecule has 2 aromatic rings. The van der Waals surface area contributed by atoms with Crippen LogP contribution in [0, 0.1) is 5.82 Å². The number of halogens is 3. The summed E-state index contributed by atoms with van der Waals surface area (Å²) in [6.45, 7) is -0.517. The molecule has 162 valence electrons. The molecule has 0 bridgehead atoms. The van der Waals surface area contributed by atoms with Crippen molar-refractivity contribution in [2.75, 3.05) is 32.0 Å². The van der Waals surface area contributed by atoms with Crippen LogP contribution in [-0.4, -0.2) is 57.0 Å².